The normalized spacial score (nSPS) is 19.0. The van der Waals surface area contributed by atoms with E-state index in [1.165, 1.54) is 18.9 Å². The molecule has 1 atom stereocenters. The number of ether oxygens (including phenoxy) is 1. The van der Waals surface area contributed by atoms with Crippen LogP contribution in [0.2, 0.25) is 0 Å². The third-order valence-corrected chi connectivity index (χ3v) is 4.71. The molecule has 4 heteroatoms. The smallest absolute Gasteiger partial charge is 0.131 e. The van der Waals surface area contributed by atoms with E-state index >= 15 is 0 Å². The lowest BCUT2D eigenvalue weighted by molar-refractivity contribution is 0.153. The Morgan fingerprint density at radius 3 is 2.48 bits per heavy atom. The van der Waals surface area contributed by atoms with Crippen molar-refractivity contribution in [1.82, 2.24) is 5.43 Å². The van der Waals surface area contributed by atoms with Crippen LogP contribution in [0, 0.1) is 17.2 Å². The summed E-state index contributed by atoms with van der Waals surface area (Å²) >= 11 is 0. The molecule has 0 bridgehead atoms. The summed E-state index contributed by atoms with van der Waals surface area (Å²) in [7, 11) is 1.55. The molecule has 0 aliphatic heterocycles. The van der Waals surface area contributed by atoms with Crippen molar-refractivity contribution >= 4 is 0 Å². The summed E-state index contributed by atoms with van der Waals surface area (Å²) in [6.45, 7) is 4.44. The van der Waals surface area contributed by atoms with Crippen LogP contribution >= 0.6 is 0 Å². The number of hydrogen-bond acceptors (Lipinski definition) is 3. The highest BCUT2D eigenvalue weighted by molar-refractivity contribution is 5.32. The molecule has 1 saturated carbocycles. The zero-order chi connectivity index (χ0) is 15.5. The summed E-state index contributed by atoms with van der Waals surface area (Å²) in [6.07, 6.45) is 5.66. The van der Waals surface area contributed by atoms with Crippen molar-refractivity contribution in [3.63, 3.8) is 0 Å². The Bertz CT molecular complexity index is 470. The number of nitrogens with two attached hydrogens (primary N) is 1. The van der Waals surface area contributed by atoms with Gasteiger partial charge in [0.05, 0.1) is 13.2 Å². The summed E-state index contributed by atoms with van der Waals surface area (Å²) < 4.78 is 19.5. The van der Waals surface area contributed by atoms with Crippen LogP contribution in [0.3, 0.4) is 0 Å². The second kappa shape index (κ2) is 6.75. The van der Waals surface area contributed by atoms with Gasteiger partial charge in [-0.1, -0.05) is 32.8 Å². The number of nitrogens with one attached hydrogen (secondary N) is 1. The van der Waals surface area contributed by atoms with Crippen LogP contribution in [0.1, 0.15) is 57.6 Å². The molecule has 0 amide bonds. The van der Waals surface area contributed by atoms with E-state index in [1.807, 2.05) is 0 Å². The van der Waals surface area contributed by atoms with Crippen LogP contribution in [-0.2, 0) is 0 Å². The summed E-state index contributed by atoms with van der Waals surface area (Å²) in [5.74, 6) is 6.70. The van der Waals surface area contributed by atoms with Crippen molar-refractivity contribution in [3.05, 3.63) is 29.6 Å². The molecule has 3 N–H and O–H groups in total. The first-order valence-electron chi connectivity index (χ1n) is 7.82. The average molecular weight is 294 g/mol. The maximum atomic E-state index is 14.5. The molecule has 2 rings (SSSR count). The molecule has 0 spiro atoms. The number of hydrogen-bond donors (Lipinski definition) is 2. The zero-order valence-electron chi connectivity index (χ0n) is 13.3. The molecular weight excluding hydrogens is 267 g/mol. The highest BCUT2D eigenvalue weighted by atomic mass is 19.1. The Balaban J connectivity index is 2.36. The SMILES string of the molecule is COc1ccc(C(NN)C2(CC(C)C)CCCC2)c(F)c1. The predicted octanol–water partition coefficient (Wildman–Crippen LogP) is 3.95. The molecular formula is C17H27FN2O. The van der Waals surface area contributed by atoms with Crippen molar-refractivity contribution < 1.29 is 9.13 Å². The van der Waals surface area contributed by atoms with Gasteiger partial charge in [-0.05, 0) is 36.7 Å². The Morgan fingerprint density at radius 2 is 2.00 bits per heavy atom. The van der Waals surface area contributed by atoms with Crippen LogP contribution in [0.15, 0.2) is 18.2 Å². The maximum absolute atomic E-state index is 14.5. The molecule has 0 saturated heterocycles. The standard InChI is InChI=1S/C17H27FN2O/c1-12(2)11-17(8-4-5-9-17)16(20-19)14-7-6-13(21-3)10-15(14)18/h6-7,10,12,16,20H,4-5,8-9,11,19H2,1-3H3. The molecule has 3 nitrogen and oxygen atoms in total. The fourth-order valence-electron chi connectivity index (χ4n) is 3.97. The Labute approximate surface area is 127 Å². The fourth-order valence-corrected chi connectivity index (χ4v) is 3.97. The molecule has 1 aromatic carbocycles. The highest BCUT2D eigenvalue weighted by Crippen LogP contribution is 2.51. The lowest BCUT2D eigenvalue weighted by Crippen LogP contribution is -2.41. The molecule has 0 radical (unpaired) electrons. The molecule has 1 aliphatic carbocycles. The minimum atomic E-state index is -0.243. The lowest BCUT2D eigenvalue weighted by atomic mass is 9.70. The van der Waals surface area contributed by atoms with E-state index in [0.29, 0.717) is 17.2 Å². The first-order valence-corrected chi connectivity index (χ1v) is 7.82. The van der Waals surface area contributed by atoms with Crippen molar-refractivity contribution in [3.8, 4) is 5.75 Å². The number of hydrazine groups is 1. The van der Waals surface area contributed by atoms with Crippen molar-refractivity contribution in [2.45, 2.75) is 52.0 Å². The number of methoxy groups -OCH3 is 1. The Hall–Kier alpha value is -1.13. The number of benzene rings is 1. The third kappa shape index (κ3) is 3.38. The molecule has 0 aromatic heterocycles. The average Bonchev–Trinajstić information content (AvgIpc) is 2.89. The third-order valence-electron chi connectivity index (χ3n) is 4.71. The highest BCUT2D eigenvalue weighted by Gasteiger charge is 2.42. The van der Waals surface area contributed by atoms with E-state index in [9.17, 15) is 4.39 Å². The molecule has 118 valence electrons. The fraction of sp³-hybridized carbons (Fsp3) is 0.647. The van der Waals surface area contributed by atoms with Crippen molar-refractivity contribution in [1.29, 1.82) is 0 Å². The van der Waals surface area contributed by atoms with Crippen LogP contribution in [-0.4, -0.2) is 7.11 Å². The minimum Gasteiger partial charge on any atom is -0.497 e. The molecule has 21 heavy (non-hydrogen) atoms. The van der Waals surface area contributed by atoms with Gasteiger partial charge in [-0.15, -0.1) is 0 Å². The summed E-state index contributed by atoms with van der Waals surface area (Å²) in [5, 5.41) is 0. The zero-order valence-corrected chi connectivity index (χ0v) is 13.3. The van der Waals surface area contributed by atoms with E-state index in [0.717, 1.165) is 19.3 Å². The van der Waals surface area contributed by atoms with E-state index in [4.69, 9.17) is 10.6 Å². The molecule has 1 unspecified atom stereocenters. The predicted molar refractivity (Wildman–Crippen MR) is 83.4 cm³/mol. The van der Waals surface area contributed by atoms with Gasteiger partial charge >= 0.3 is 0 Å². The van der Waals surface area contributed by atoms with Crippen LogP contribution < -0.4 is 16.0 Å². The summed E-state index contributed by atoms with van der Waals surface area (Å²) in [5.41, 5.74) is 3.61. The number of halogens is 1. The summed E-state index contributed by atoms with van der Waals surface area (Å²) in [4.78, 5) is 0. The van der Waals surface area contributed by atoms with E-state index in [2.05, 4.69) is 19.3 Å². The topological polar surface area (TPSA) is 47.3 Å². The second-order valence-corrected chi connectivity index (χ2v) is 6.65. The molecule has 0 heterocycles. The van der Waals surface area contributed by atoms with Gasteiger partial charge in [0.15, 0.2) is 0 Å². The largest absolute Gasteiger partial charge is 0.497 e. The van der Waals surface area contributed by atoms with Crippen LogP contribution in [0.25, 0.3) is 0 Å². The second-order valence-electron chi connectivity index (χ2n) is 6.65. The van der Waals surface area contributed by atoms with Gasteiger partial charge in [-0.25, -0.2) is 4.39 Å². The molecule has 1 aliphatic rings. The summed E-state index contributed by atoms with van der Waals surface area (Å²) in [6, 6.07) is 4.91. The first-order chi connectivity index (χ1) is 10.0. The Morgan fingerprint density at radius 1 is 1.33 bits per heavy atom. The van der Waals surface area contributed by atoms with Gasteiger partial charge in [0.1, 0.15) is 11.6 Å². The van der Waals surface area contributed by atoms with E-state index in [1.54, 1.807) is 19.2 Å². The van der Waals surface area contributed by atoms with Gasteiger partial charge in [0, 0.05) is 11.6 Å². The molecule has 1 fully saturated rings. The van der Waals surface area contributed by atoms with Crippen LogP contribution in [0.4, 0.5) is 4.39 Å². The number of rotatable bonds is 6. The van der Waals surface area contributed by atoms with Gasteiger partial charge < -0.3 is 4.74 Å². The van der Waals surface area contributed by atoms with E-state index < -0.39 is 0 Å². The monoisotopic (exact) mass is 294 g/mol. The molecule has 1 aromatic rings. The van der Waals surface area contributed by atoms with Gasteiger partial charge in [0.2, 0.25) is 0 Å². The van der Waals surface area contributed by atoms with Crippen molar-refractivity contribution in [2.75, 3.05) is 7.11 Å². The van der Waals surface area contributed by atoms with Crippen LogP contribution in [0.5, 0.6) is 5.75 Å². The minimum absolute atomic E-state index is 0.0539. The van der Waals surface area contributed by atoms with Crippen molar-refractivity contribution in [2.24, 2.45) is 17.2 Å². The maximum Gasteiger partial charge on any atom is 0.131 e. The first kappa shape index (κ1) is 16.2. The quantitative estimate of drug-likeness (QED) is 0.617. The van der Waals surface area contributed by atoms with Gasteiger partial charge in [-0.2, -0.15) is 0 Å². The van der Waals surface area contributed by atoms with Gasteiger partial charge in [0.25, 0.3) is 0 Å². The lowest BCUT2D eigenvalue weighted by Gasteiger charge is -2.39. The Kier molecular flexibility index (Phi) is 5.22. The van der Waals surface area contributed by atoms with Gasteiger partial charge in [-0.3, -0.25) is 11.3 Å². The van der Waals surface area contributed by atoms with E-state index in [-0.39, 0.29) is 17.3 Å².